The van der Waals surface area contributed by atoms with Crippen molar-refractivity contribution in [1.82, 2.24) is 9.80 Å². The summed E-state index contributed by atoms with van der Waals surface area (Å²) in [5, 5.41) is 2.73. The molecule has 3 atom stereocenters. The standard InChI is InChI=1S/C44H50N6O9/c1-26-15-31-21-46-35-19-39(37(55-4)17-33(35)42(52)48(31)22-26)57-13-7-6-8-14-58-40-20-36-34(18-38(40)56-5)43(53)49-23-27(2)16-32(49)24-50(36)44(54)59-25-29-9-11-30(12-10-29)47-41(51)28(3)45/h9-12,17-21,28,31-32H,1-2,6-8,13-16,22-25,45H2,3-5H3,(H,47,51)/t28-,31+,32+/m0/s1. The molecule has 0 aliphatic carbocycles. The second kappa shape index (κ2) is 17.6. The number of methoxy groups -OCH3 is 2. The Balaban J connectivity index is 0.978. The van der Waals surface area contributed by atoms with Crippen LogP contribution in [0.1, 0.15) is 65.3 Å². The summed E-state index contributed by atoms with van der Waals surface area (Å²) in [7, 11) is 3.05. The summed E-state index contributed by atoms with van der Waals surface area (Å²) in [6, 6.07) is 12.6. The molecule has 4 aliphatic heterocycles. The van der Waals surface area contributed by atoms with Crippen molar-refractivity contribution >= 4 is 47.1 Å². The zero-order valence-corrected chi connectivity index (χ0v) is 33.7. The minimum Gasteiger partial charge on any atom is -0.493 e. The van der Waals surface area contributed by atoms with Gasteiger partial charge in [0.05, 0.1) is 74.6 Å². The van der Waals surface area contributed by atoms with Crippen LogP contribution in [0.4, 0.5) is 21.9 Å². The molecule has 15 heteroatoms. The number of aliphatic imine (C=N–C) groups is 1. The highest BCUT2D eigenvalue weighted by Crippen LogP contribution is 2.41. The van der Waals surface area contributed by atoms with Crippen LogP contribution >= 0.6 is 0 Å². The predicted octanol–water partition coefficient (Wildman–Crippen LogP) is 6.03. The number of anilines is 2. The lowest BCUT2D eigenvalue weighted by Gasteiger charge is -2.26. The first-order valence-electron chi connectivity index (χ1n) is 19.7. The van der Waals surface area contributed by atoms with Gasteiger partial charge in [-0.15, -0.1) is 0 Å². The fourth-order valence-electron chi connectivity index (χ4n) is 7.65. The van der Waals surface area contributed by atoms with Crippen LogP contribution in [0.2, 0.25) is 0 Å². The van der Waals surface area contributed by atoms with E-state index in [-0.39, 0.29) is 43.0 Å². The first-order valence-corrected chi connectivity index (χ1v) is 19.7. The molecule has 4 heterocycles. The number of nitrogens with two attached hydrogens (primary N) is 1. The van der Waals surface area contributed by atoms with Crippen molar-refractivity contribution in [2.45, 2.75) is 63.8 Å². The number of fused-ring (bicyclic) bond motifs is 4. The highest BCUT2D eigenvalue weighted by Gasteiger charge is 2.41. The van der Waals surface area contributed by atoms with E-state index in [0.717, 1.165) is 17.6 Å². The number of benzene rings is 3. The molecule has 3 aromatic carbocycles. The number of carbonyl (C=O) groups excluding carboxylic acids is 4. The Morgan fingerprint density at radius 1 is 0.847 bits per heavy atom. The van der Waals surface area contributed by atoms with Gasteiger partial charge < -0.3 is 44.5 Å². The summed E-state index contributed by atoms with van der Waals surface area (Å²) >= 11 is 0. The SMILES string of the molecule is C=C1C[C@@H]2CN(C(=O)OCc3ccc(NC(=O)[C@H](C)N)cc3)c3cc(OCCCCCOc4cc5c(cc4OC)C(=O)N4CC(=C)C[C@@H]4C=N5)c(OC)cc3C(=O)N2C1. The van der Waals surface area contributed by atoms with E-state index in [4.69, 9.17) is 29.4 Å². The van der Waals surface area contributed by atoms with Gasteiger partial charge >= 0.3 is 6.09 Å². The maximum Gasteiger partial charge on any atom is 0.414 e. The average molecular weight is 807 g/mol. The molecule has 2 fully saturated rings. The van der Waals surface area contributed by atoms with Gasteiger partial charge in [0.1, 0.15) is 6.61 Å². The zero-order valence-electron chi connectivity index (χ0n) is 33.7. The first-order chi connectivity index (χ1) is 28.4. The van der Waals surface area contributed by atoms with Crippen molar-refractivity contribution in [3.8, 4) is 23.0 Å². The normalized spacial score (nSPS) is 18.6. The number of carbonyl (C=O) groups is 4. The van der Waals surface area contributed by atoms with Crippen molar-refractivity contribution in [1.29, 1.82) is 0 Å². The van der Waals surface area contributed by atoms with Gasteiger partial charge in [0, 0.05) is 37.1 Å². The highest BCUT2D eigenvalue weighted by molar-refractivity contribution is 6.06. The molecule has 0 aromatic heterocycles. The molecule has 3 N–H and O–H groups in total. The van der Waals surface area contributed by atoms with E-state index in [2.05, 4.69) is 23.5 Å². The summed E-state index contributed by atoms with van der Waals surface area (Å²) in [5.41, 5.74) is 10.5. The molecular formula is C44H50N6O9. The molecule has 0 saturated carbocycles. The van der Waals surface area contributed by atoms with E-state index >= 15 is 0 Å². The van der Waals surface area contributed by atoms with E-state index < -0.39 is 12.1 Å². The summed E-state index contributed by atoms with van der Waals surface area (Å²) < 4.78 is 29.4. The van der Waals surface area contributed by atoms with Gasteiger partial charge in [-0.1, -0.05) is 36.4 Å². The number of rotatable bonds is 14. The lowest BCUT2D eigenvalue weighted by atomic mass is 10.1. The summed E-state index contributed by atoms with van der Waals surface area (Å²) in [5.74, 6) is 1.08. The third-order valence-corrected chi connectivity index (χ3v) is 10.8. The third-order valence-electron chi connectivity index (χ3n) is 10.8. The van der Waals surface area contributed by atoms with Gasteiger partial charge in [0.2, 0.25) is 5.91 Å². The van der Waals surface area contributed by atoms with Gasteiger partial charge in [-0.05, 0) is 68.9 Å². The summed E-state index contributed by atoms with van der Waals surface area (Å²) in [6.07, 6.45) is 4.61. The minimum absolute atomic E-state index is 0.0345. The smallest absolute Gasteiger partial charge is 0.414 e. The fourth-order valence-corrected chi connectivity index (χ4v) is 7.65. The molecule has 0 radical (unpaired) electrons. The van der Waals surface area contributed by atoms with Crippen LogP contribution in [0.25, 0.3) is 0 Å². The molecule has 2 saturated heterocycles. The van der Waals surface area contributed by atoms with Crippen molar-refractivity contribution in [3.05, 3.63) is 89.5 Å². The van der Waals surface area contributed by atoms with Crippen LogP contribution in [0.5, 0.6) is 23.0 Å². The molecule has 310 valence electrons. The molecule has 0 bridgehead atoms. The number of ether oxygens (including phenoxy) is 5. The van der Waals surface area contributed by atoms with Gasteiger partial charge in [-0.2, -0.15) is 0 Å². The zero-order chi connectivity index (χ0) is 41.8. The van der Waals surface area contributed by atoms with Crippen LogP contribution in [-0.4, -0.2) is 105 Å². The first kappa shape index (κ1) is 40.8. The largest absolute Gasteiger partial charge is 0.493 e. The lowest BCUT2D eigenvalue weighted by molar-refractivity contribution is -0.117. The molecule has 7 rings (SSSR count). The second-order valence-corrected chi connectivity index (χ2v) is 15.2. The number of hydrogen-bond donors (Lipinski definition) is 2. The molecule has 4 aliphatic rings. The maximum atomic E-state index is 13.9. The van der Waals surface area contributed by atoms with Crippen LogP contribution in [0, 0.1) is 0 Å². The lowest BCUT2D eigenvalue weighted by Crippen LogP contribution is -2.42. The summed E-state index contributed by atoms with van der Waals surface area (Å²) in [4.78, 5) is 62.6. The molecule has 15 nitrogen and oxygen atoms in total. The quantitative estimate of drug-likeness (QED) is 0.145. The maximum absolute atomic E-state index is 13.9. The topological polar surface area (TPSA) is 175 Å². The van der Waals surface area contributed by atoms with E-state index in [0.29, 0.717) is 109 Å². The molecule has 0 spiro atoms. The van der Waals surface area contributed by atoms with E-state index in [1.807, 2.05) is 0 Å². The molecular weight excluding hydrogens is 757 g/mol. The molecule has 0 unspecified atom stereocenters. The van der Waals surface area contributed by atoms with Crippen molar-refractivity contribution in [2.75, 3.05) is 57.3 Å². The van der Waals surface area contributed by atoms with Crippen LogP contribution in [0.3, 0.4) is 0 Å². The minimum atomic E-state index is -0.655. The highest BCUT2D eigenvalue weighted by atomic mass is 16.6. The Morgan fingerprint density at radius 3 is 2.15 bits per heavy atom. The van der Waals surface area contributed by atoms with Crippen LogP contribution in [-0.2, 0) is 16.1 Å². The number of nitrogens with zero attached hydrogens (tertiary/aromatic N) is 4. The van der Waals surface area contributed by atoms with Crippen molar-refractivity contribution < 1.29 is 42.9 Å². The van der Waals surface area contributed by atoms with Crippen LogP contribution in [0.15, 0.2) is 77.8 Å². The van der Waals surface area contributed by atoms with E-state index in [1.165, 1.54) is 12.0 Å². The Labute approximate surface area is 343 Å². The Bertz CT molecular complexity index is 2190. The van der Waals surface area contributed by atoms with Gasteiger partial charge in [0.15, 0.2) is 23.0 Å². The van der Waals surface area contributed by atoms with Crippen molar-refractivity contribution in [2.24, 2.45) is 10.7 Å². The number of amides is 4. The Kier molecular flexibility index (Phi) is 12.2. The monoisotopic (exact) mass is 806 g/mol. The Morgan fingerprint density at radius 2 is 1.47 bits per heavy atom. The van der Waals surface area contributed by atoms with E-state index in [9.17, 15) is 19.2 Å². The summed E-state index contributed by atoms with van der Waals surface area (Å²) in [6.45, 7) is 11.6. The molecule has 3 aromatic rings. The third kappa shape index (κ3) is 8.89. The predicted molar refractivity (Wildman–Crippen MR) is 222 cm³/mol. The van der Waals surface area contributed by atoms with Gasteiger partial charge in [-0.25, -0.2) is 4.79 Å². The van der Waals surface area contributed by atoms with Gasteiger partial charge in [-0.3, -0.25) is 24.3 Å². The van der Waals surface area contributed by atoms with E-state index in [1.54, 1.807) is 78.6 Å². The Hall–Kier alpha value is -6.35. The van der Waals surface area contributed by atoms with Crippen LogP contribution < -0.4 is 34.9 Å². The number of nitrogens with one attached hydrogen (secondary N) is 1. The second-order valence-electron chi connectivity index (χ2n) is 15.2. The average Bonchev–Trinajstić information content (AvgIpc) is 3.74. The fraction of sp³-hybridized carbons (Fsp3) is 0.386. The molecule has 4 amide bonds. The number of hydrogen-bond acceptors (Lipinski definition) is 11. The molecule has 59 heavy (non-hydrogen) atoms. The van der Waals surface area contributed by atoms with Crippen molar-refractivity contribution in [3.63, 3.8) is 0 Å². The van der Waals surface area contributed by atoms with Gasteiger partial charge in [0.25, 0.3) is 11.8 Å². The number of unbranched alkanes of at least 4 members (excludes halogenated alkanes) is 2.